The molecule has 1 aromatic carbocycles. The molecular weight excluding hydrogens is 283 g/mol. The van der Waals surface area contributed by atoms with Crippen molar-refractivity contribution >= 4 is 5.91 Å². The van der Waals surface area contributed by atoms with E-state index in [1.165, 1.54) is 12.1 Å². The lowest BCUT2D eigenvalue weighted by atomic mass is 9.96. The van der Waals surface area contributed by atoms with Gasteiger partial charge in [-0.05, 0) is 57.8 Å². The predicted molar refractivity (Wildman–Crippen MR) is 84.3 cm³/mol. The molecule has 0 radical (unpaired) electrons. The number of piperidine rings is 1. The number of rotatable bonds is 6. The molecule has 1 heterocycles. The Morgan fingerprint density at radius 3 is 2.68 bits per heavy atom. The smallest absolute Gasteiger partial charge is 0.257 e. The minimum absolute atomic E-state index is 0.114. The fourth-order valence-electron chi connectivity index (χ4n) is 2.69. The number of halogens is 1. The Labute approximate surface area is 131 Å². The summed E-state index contributed by atoms with van der Waals surface area (Å²) in [5.41, 5.74) is 0. The Hall–Kier alpha value is -1.62. The number of likely N-dealkylation sites (tertiary alicyclic amines) is 1. The summed E-state index contributed by atoms with van der Waals surface area (Å²) in [5.74, 6) is -0.0128. The first-order chi connectivity index (χ1) is 10.6. The summed E-state index contributed by atoms with van der Waals surface area (Å²) in [6, 6.07) is 6.69. The summed E-state index contributed by atoms with van der Waals surface area (Å²) in [7, 11) is 0. The quantitative estimate of drug-likeness (QED) is 0.877. The minimum Gasteiger partial charge on any atom is -0.481 e. The monoisotopic (exact) mass is 308 g/mol. The Kier molecular flexibility index (Phi) is 6.19. The van der Waals surface area contributed by atoms with Crippen LogP contribution in [0.4, 0.5) is 4.39 Å². The van der Waals surface area contributed by atoms with Crippen LogP contribution in [0.5, 0.6) is 5.75 Å². The zero-order valence-electron chi connectivity index (χ0n) is 13.3. The maximum absolute atomic E-state index is 13.4. The molecule has 0 unspecified atom stereocenters. The predicted octanol–water partition coefficient (Wildman–Crippen LogP) is 2.44. The van der Waals surface area contributed by atoms with Crippen molar-refractivity contribution in [2.24, 2.45) is 5.92 Å². The first-order valence-electron chi connectivity index (χ1n) is 7.94. The van der Waals surface area contributed by atoms with Gasteiger partial charge < -0.3 is 15.0 Å². The second kappa shape index (κ2) is 8.13. The molecule has 0 saturated carbocycles. The highest BCUT2D eigenvalue weighted by Crippen LogP contribution is 2.18. The number of nitrogens with zero attached hydrogens (tertiary/aromatic N) is 1. The Bertz CT molecular complexity index is 485. The maximum Gasteiger partial charge on any atom is 0.257 e. The van der Waals surface area contributed by atoms with E-state index in [2.05, 4.69) is 24.1 Å². The van der Waals surface area contributed by atoms with Gasteiger partial charge in [0, 0.05) is 12.6 Å². The third-order valence-electron chi connectivity index (χ3n) is 4.16. The highest BCUT2D eigenvalue weighted by molar-refractivity contribution is 5.77. The topological polar surface area (TPSA) is 41.6 Å². The van der Waals surface area contributed by atoms with Crippen LogP contribution in [-0.2, 0) is 4.79 Å². The number of amides is 1. The number of hydrogen-bond acceptors (Lipinski definition) is 3. The van der Waals surface area contributed by atoms with Gasteiger partial charge in [0.05, 0.1) is 0 Å². The zero-order valence-corrected chi connectivity index (χ0v) is 13.3. The molecule has 0 bridgehead atoms. The van der Waals surface area contributed by atoms with Crippen LogP contribution in [0.15, 0.2) is 24.3 Å². The Morgan fingerprint density at radius 1 is 1.36 bits per heavy atom. The van der Waals surface area contributed by atoms with Crippen LogP contribution in [0.3, 0.4) is 0 Å². The van der Waals surface area contributed by atoms with Crippen molar-refractivity contribution in [3.63, 3.8) is 0 Å². The molecule has 1 aromatic rings. The largest absolute Gasteiger partial charge is 0.481 e. The fraction of sp³-hybridized carbons (Fsp3) is 0.588. The van der Waals surface area contributed by atoms with Crippen LogP contribution in [0.2, 0.25) is 0 Å². The molecule has 1 amide bonds. The molecule has 1 fully saturated rings. The van der Waals surface area contributed by atoms with Gasteiger partial charge >= 0.3 is 0 Å². The van der Waals surface area contributed by atoms with Crippen LogP contribution >= 0.6 is 0 Å². The molecule has 1 aliphatic rings. The van der Waals surface area contributed by atoms with E-state index in [0.717, 1.165) is 25.9 Å². The van der Waals surface area contributed by atoms with E-state index < -0.39 is 5.82 Å². The van der Waals surface area contributed by atoms with Gasteiger partial charge in [-0.3, -0.25) is 4.79 Å². The average Bonchev–Trinajstić information content (AvgIpc) is 2.52. The fourth-order valence-corrected chi connectivity index (χ4v) is 2.69. The average molecular weight is 308 g/mol. The number of nitrogens with one attached hydrogen (secondary N) is 1. The molecule has 1 saturated heterocycles. The van der Waals surface area contributed by atoms with Gasteiger partial charge in [-0.15, -0.1) is 0 Å². The van der Waals surface area contributed by atoms with Crippen molar-refractivity contribution in [1.29, 1.82) is 0 Å². The van der Waals surface area contributed by atoms with Crippen molar-refractivity contribution in [3.05, 3.63) is 30.1 Å². The van der Waals surface area contributed by atoms with E-state index in [1.807, 2.05) is 0 Å². The summed E-state index contributed by atoms with van der Waals surface area (Å²) in [6.45, 7) is 7.12. The lowest BCUT2D eigenvalue weighted by molar-refractivity contribution is -0.123. The summed E-state index contributed by atoms with van der Waals surface area (Å²) in [4.78, 5) is 14.2. The van der Waals surface area contributed by atoms with Gasteiger partial charge in [0.2, 0.25) is 0 Å². The molecule has 0 atom stereocenters. The van der Waals surface area contributed by atoms with Gasteiger partial charge in [-0.2, -0.15) is 0 Å². The van der Waals surface area contributed by atoms with Crippen molar-refractivity contribution in [2.75, 3.05) is 26.2 Å². The lowest BCUT2D eigenvalue weighted by Crippen LogP contribution is -2.42. The van der Waals surface area contributed by atoms with E-state index in [9.17, 15) is 9.18 Å². The van der Waals surface area contributed by atoms with Gasteiger partial charge in [0.15, 0.2) is 18.2 Å². The van der Waals surface area contributed by atoms with E-state index >= 15 is 0 Å². The Morgan fingerprint density at radius 2 is 2.05 bits per heavy atom. The minimum atomic E-state index is -0.448. The first-order valence-corrected chi connectivity index (χ1v) is 7.94. The van der Waals surface area contributed by atoms with Crippen LogP contribution in [-0.4, -0.2) is 43.1 Å². The number of hydrogen-bond donors (Lipinski definition) is 1. The molecule has 22 heavy (non-hydrogen) atoms. The highest BCUT2D eigenvalue weighted by atomic mass is 19.1. The molecule has 0 spiro atoms. The molecule has 0 aromatic heterocycles. The third-order valence-corrected chi connectivity index (χ3v) is 4.16. The van der Waals surface area contributed by atoms with E-state index in [1.54, 1.807) is 12.1 Å². The molecule has 122 valence electrons. The van der Waals surface area contributed by atoms with Crippen LogP contribution in [0.1, 0.15) is 26.7 Å². The molecule has 1 N–H and O–H groups in total. The van der Waals surface area contributed by atoms with Gasteiger partial charge in [-0.25, -0.2) is 4.39 Å². The van der Waals surface area contributed by atoms with Gasteiger partial charge in [0.1, 0.15) is 0 Å². The number of carbonyl (C=O) groups is 1. The number of ether oxygens (including phenoxy) is 1. The molecule has 2 rings (SSSR count). The highest BCUT2D eigenvalue weighted by Gasteiger charge is 2.21. The van der Waals surface area contributed by atoms with E-state index in [0.29, 0.717) is 18.5 Å². The van der Waals surface area contributed by atoms with E-state index in [-0.39, 0.29) is 18.3 Å². The second-order valence-electron chi connectivity index (χ2n) is 6.10. The summed E-state index contributed by atoms with van der Waals surface area (Å²) in [5, 5.41) is 2.88. The second-order valence-corrected chi connectivity index (χ2v) is 6.10. The molecule has 5 heteroatoms. The Balaban J connectivity index is 1.65. The summed E-state index contributed by atoms with van der Waals surface area (Å²) in [6.07, 6.45) is 2.21. The van der Waals surface area contributed by atoms with Crippen molar-refractivity contribution in [2.45, 2.75) is 32.7 Å². The normalized spacial score (nSPS) is 16.7. The summed E-state index contributed by atoms with van der Waals surface area (Å²) < 4.78 is 18.5. The van der Waals surface area contributed by atoms with Crippen LogP contribution in [0.25, 0.3) is 0 Å². The lowest BCUT2D eigenvalue weighted by Gasteiger charge is -2.34. The zero-order chi connectivity index (χ0) is 15.9. The molecule has 4 nitrogen and oxygen atoms in total. The number of carbonyl (C=O) groups excluding carboxylic acids is 1. The SMILES string of the molecule is CC(C)N1CCC(CNC(=O)COc2ccccc2F)CC1. The maximum atomic E-state index is 13.4. The molecule has 1 aliphatic heterocycles. The van der Waals surface area contributed by atoms with E-state index in [4.69, 9.17) is 4.74 Å². The van der Waals surface area contributed by atoms with Gasteiger partial charge in [-0.1, -0.05) is 12.1 Å². The molecule has 0 aliphatic carbocycles. The van der Waals surface area contributed by atoms with Crippen LogP contribution < -0.4 is 10.1 Å². The van der Waals surface area contributed by atoms with Crippen molar-refractivity contribution in [1.82, 2.24) is 10.2 Å². The third kappa shape index (κ3) is 4.98. The first kappa shape index (κ1) is 16.7. The van der Waals surface area contributed by atoms with Crippen LogP contribution in [0, 0.1) is 11.7 Å². The standard InChI is InChI=1S/C17H25FN2O2/c1-13(2)20-9-7-14(8-10-20)11-19-17(21)12-22-16-6-4-3-5-15(16)18/h3-6,13-14H,7-12H2,1-2H3,(H,19,21). The van der Waals surface area contributed by atoms with Crippen molar-refractivity contribution < 1.29 is 13.9 Å². The number of benzene rings is 1. The molecular formula is C17H25FN2O2. The number of para-hydroxylation sites is 1. The summed E-state index contributed by atoms with van der Waals surface area (Å²) >= 11 is 0. The van der Waals surface area contributed by atoms with Gasteiger partial charge in [0.25, 0.3) is 5.91 Å². The van der Waals surface area contributed by atoms with Crippen molar-refractivity contribution in [3.8, 4) is 5.75 Å².